The average molecular weight is 450 g/mol. The van der Waals surface area contributed by atoms with Crippen molar-refractivity contribution in [2.75, 3.05) is 18.9 Å². The van der Waals surface area contributed by atoms with Crippen molar-refractivity contribution in [2.24, 2.45) is 29.6 Å². The number of hydrogen-bond donors (Lipinski definition) is 2. The van der Waals surface area contributed by atoms with Crippen molar-refractivity contribution < 1.29 is 19.1 Å². The van der Waals surface area contributed by atoms with Gasteiger partial charge in [-0.15, -0.1) is 0 Å². The van der Waals surface area contributed by atoms with Crippen molar-refractivity contribution >= 4 is 29.1 Å². The Morgan fingerprint density at radius 3 is 2.06 bits per heavy atom. The van der Waals surface area contributed by atoms with Gasteiger partial charge < -0.3 is 19.8 Å². The summed E-state index contributed by atoms with van der Waals surface area (Å²) in [6, 6.07) is 0. The number of carbonyl (C=O) groups is 2. The maximum absolute atomic E-state index is 12.3. The van der Waals surface area contributed by atoms with Crippen LogP contribution in [-0.2, 0) is 25.6 Å². The number of ether oxygens (including phenoxy) is 2. The van der Waals surface area contributed by atoms with Gasteiger partial charge in [0.05, 0.1) is 31.4 Å². The molecule has 0 fully saturated rings. The number of H-pyrrole nitrogens is 1. The lowest BCUT2D eigenvalue weighted by molar-refractivity contribution is -0.155. The predicted octanol–water partition coefficient (Wildman–Crippen LogP) is 2.38. The van der Waals surface area contributed by atoms with E-state index >= 15 is 0 Å². The molecule has 10 nitrogen and oxygen atoms in total. The largest absolute Gasteiger partial charge is 0.465 e. The Kier molecular flexibility index (Phi) is 8.80. The molecule has 0 saturated heterocycles. The highest BCUT2D eigenvalue weighted by Gasteiger charge is 2.23. The van der Waals surface area contributed by atoms with E-state index in [-0.39, 0.29) is 66.2 Å². The van der Waals surface area contributed by atoms with Crippen LogP contribution in [0, 0.1) is 29.6 Å². The van der Waals surface area contributed by atoms with Crippen LogP contribution < -0.4 is 11.3 Å². The molecule has 0 amide bonds. The lowest BCUT2D eigenvalue weighted by Crippen LogP contribution is -2.28. The molecule has 0 aliphatic rings. The highest BCUT2D eigenvalue weighted by atomic mass is 16.5. The summed E-state index contributed by atoms with van der Waals surface area (Å²) in [5, 5.41) is 0. The SMILES string of the molecule is CC(C)C(C)C(=O)OCC(CCn1cnc2c(=O)[nH]c(N)nc21)COC(=O)C(C)C(C)C. The Balaban J connectivity index is 2.09. The first-order valence-corrected chi connectivity index (χ1v) is 11.0. The van der Waals surface area contributed by atoms with Crippen LogP contribution >= 0.6 is 0 Å². The molecule has 2 unspecified atom stereocenters. The van der Waals surface area contributed by atoms with E-state index in [2.05, 4.69) is 15.0 Å². The number of aromatic amines is 1. The number of nitrogens with one attached hydrogen (secondary N) is 1. The number of nitrogens with zero attached hydrogens (tertiary/aromatic N) is 3. The fourth-order valence-corrected chi connectivity index (χ4v) is 2.88. The second-order valence-electron chi connectivity index (χ2n) is 9.04. The van der Waals surface area contributed by atoms with Gasteiger partial charge in [0.1, 0.15) is 0 Å². The van der Waals surface area contributed by atoms with Crippen LogP contribution in [0.4, 0.5) is 5.95 Å². The summed E-state index contributed by atoms with van der Waals surface area (Å²) >= 11 is 0. The molecule has 2 rings (SSSR count). The molecule has 2 atom stereocenters. The summed E-state index contributed by atoms with van der Waals surface area (Å²) in [7, 11) is 0. The third kappa shape index (κ3) is 6.54. The molecule has 0 radical (unpaired) electrons. The number of aryl methyl sites for hydroxylation is 1. The molecule has 2 aromatic rings. The van der Waals surface area contributed by atoms with Crippen LogP contribution in [-0.4, -0.2) is 44.7 Å². The third-order valence-electron chi connectivity index (χ3n) is 5.94. The fraction of sp³-hybridized carbons (Fsp3) is 0.682. The minimum atomic E-state index is -0.406. The van der Waals surface area contributed by atoms with E-state index in [4.69, 9.17) is 15.2 Å². The number of anilines is 1. The molecule has 3 N–H and O–H groups in total. The molecule has 0 spiro atoms. The predicted molar refractivity (Wildman–Crippen MR) is 121 cm³/mol. The lowest BCUT2D eigenvalue weighted by atomic mass is 9.98. The molecule has 32 heavy (non-hydrogen) atoms. The molecule has 0 bridgehead atoms. The van der Waals surface area contributed by atoms with E-state index in [1.54, 1.807) is 4.57 Å². The summed E-state index contributed by atoms with van der Waals surface area (Å²) in [5.41, 5.74) is 5.82. The molecule has 0 saturated carbocycles. The quantitative estimate of drug-likeness (QED) is 0.498. The number of carbonyl (C=O) groups excluding carboxylic acids is 2. The van der Waals surface area contributed by atoms with Gasteiger partial charge in [-0.05, 0) is 18.3 Å². The normalized spacial score (nSPS) is 14.5. The molecule has 0 aliphatic heterocycles. The molecular formula is C22H35N5O5. The number of aromatic nitrogens is 4. The minimum absolute atomic E-state index is 0.00834. The first-order chi connectivity index (χ1) is 15.0. The summed E-state index contributed by atoms with van der Waals surface area (Å²) < 4.78 is 12.7. The maximum Gasteiger partial charge on any atom is 0.308 e. The second kappa shape index (κ2) is 11.1. The molecule has 0 aromatic carbocycles. The van der Waals surface area contributed by atoms with Crippen molar-refractivity contribution in [2.45, 2.75) is 54.5 Å². The zero-order valence-corrected chi connectivity index (χ0v) is 19.8. The van der Waals surface area contributed by atoms with Gasteiger partial charge in [0.15, 0.2) is 11.2 Å². The molecule has 10 heteroatoms. The van der Waals surface area contributed by atoms with E-state index in [0.29, 0.717) is 18.6 Å². The van der Waals surface area contributed by atoms with Gasteiger partial charge in [-0.1, -0.05) is 41.5 Å². The summed E-state index contributed by atoms with van der Waals surface area (Å²) in [6.45, 7) is 12.2. The van der Waals surface area contributed by atoms with Gasteiger partial charge in [-0.25, -0.2) is 4.98 Å². The Labute approximate surface area is 187 Å². The van der Waals surface area contributed by atoms with Crippen LogP contribution in [0.15, 0.2) is 11.1 Å². The van der Waals surface area contributed by atoms with E-state index in [1.807, 2.05) is 41.5 Å². The standard InChI is InChI=1S/C22H35N5O5/c1-12(2)14(5)20(29)31-9-16(10-32-21(30)15(6)13(3)4)7-8-27-11-24-17-18(27)25-22(23)26-19(17)28/h11-16H,7-10H2,1-6H3,(H3,23,25,26,28). The number of nitrogen functional groups attached to an aromatic ring is 1. The molecular weight excluding hydrogens is 414 g/mol. The second-order valence-corrected chi connectivity index (χ2v) is 9.04. The Hall–Kier alpha value is -2.91. The highest BCUT2D eigenvalue weighted by Crippen LogP contribution is 2.17. The first kappa shape index (κ1) is 25.4. The maximum atomic E-state index is 12.3. The van der Waals surface area contributed by atoms with E-state index in [1.165, 1.54) is 6.33 Å². The Morgan fingerprint density at radius 2 is 1.56 bits per heavy atom. The minimum Gasteiger partial charge on any atom is -0.465 e. The van der Waals surface area contributed by atoms with Crippen LogP contribution in [0.3, 0.4) is 0 Å². The van der Waals surface area contributed by atoms with E-state index in [9.17, 15) is 14.4 Å². The molecule has 2 aromatic heterocycles. The zero-order valence-electron chi connectivity index (χ0n) is 19.8. The van der Waals surface area contributed by atoms with Crippen molar-refractivity contribution in [3.8, 4) is 0 Å². The first-order valence-electron chi connectivity index (χ1n) is 11.0. The Bertz CT molecular complexity index is 951. The van der Waals surface area contributed by atoms with Crippen molar-refractivity contribution in [3.63, 3.8) is 0 Å². The summed E-state index contributed by atoms with van der Waals surface area (Å²) in [5.74, 6) is -0.893. The molecule has 178 valence electrons. The molecule has 2 heterocycles. The third-order valence-corrected chi connectivity index (χ3v) is 5.94. The van der Waals surface area contributed by atoms with Gasteiger partial charge in [-0.3, -0.25) is 19.4 Å². The van der Waals surface area contributed by atoms with Crippen LogP contribution in [0.5, 0.6) is 0 Å². The summed E-state index contributed by atoms with van der Waals surface area (Å²) in [4.78, 5) is 47.3. The number of fused-ring (bicyclic) bond motifs is 1. The van der Waals surface area contributed by atoms with Gasteiger partial charge >= 0.3 is 11.9 Å². The van der Waals surface area contributed by atoms with E-state index < -0.39 is 5.56 Å². The van der Waals surface area contributed by atoms with Crippen molar-refractivity contribution in [1.29, 1.82) is 0 Å². The number of esters is 2. The smallest absolute Gasteiger partial charge is 0.308 e. The molecule has 0 aliphatic carbocycles. The van der Waals surface area contributed by atoms with Crippen LogP contribution in [0.25, 0.3) is 11.2 Å². The average Bonchev–Trinajstić information content (AvgIpc) is 3.14. The van der Waals surface area contributed by atoms with Gasteiger partial charge in [-0.2, -0.15) is 4.98 Å². The number of hydrogen-bond acceptors (Lipinski definition) is 8. The van der Waals surface area contributed by atoms with E-state index in [0.717, 1.165) is 0 Å². The highest BCUT2D eigenvalue weighted by molar-refractivity contribution is 5.73. The number of imidazole rings is 1. The number of rotatable bonds is 11. The van der Waals surface area contributed by atoms with Crippen LogP contribution in [0.2, 0.25) is 0 Å². The van der Waals surface area contributed by atoms with Crippen molar-refractivity contribution in [1.82, 2.24) is 19.5 Å². The Morgan fingerprint density at radius 1 is 1.03 bits per heavy atom. The monoisotopic (exact) mass is 449 g/mol. The fourth-order valence-electron chi connectivity index (χ4n) is 2.88. The zero-order chi connectivity index (χ0) is 24.0. The lowest BCUT2D eigenvalue weighted by Gasteiger charge is -2.21. The number of nitrogens with two attached hydrogens (primary N) is 1. The van der Waals surface area contributed by atoms with Crippen molar-refractivity contribution in [3.05, 3.63) is 16.7 Å². The van der Waals surface area contributed by atoms with Gasteiger partial charge in [0, 0.05) is 12.5 Å². The van der Waals surface area contributed by atoms with Gasteiger partial charge in [0.2, 0.25) is 5.95 Å². The summed E-state index contributed by atoms with van der Waals surface area (Å²) in [6.07, 6.45) is 2.04. The topological polar surface area (TPSA) is 142 Å². The van der Waals surface area contributed by atoms with Crippen LogP contribution in [0.1, 0.15) is 48.0 Å². The van der Waals surface area contributed by atoms with Gasteiger partial charge in [0.25, 0.3) is 5.56 Å².